The lowest BCUT2D eigenvalue weighted by Crippen LogP contribution is -2.19. The minimum absolute atomic E-state index is 0.0587. The Morgan fingerprint density at radius 3 is 2.83 bits per heavy atom. The molecule has 2 aromatic rings. The molecule has 1 atom stereocenters. The molecule has 0 aliphatic rings. The first-order chi connectivity index (χ1) is 11.5. The predicted molar refractivity (Wildman–Crippen MR) is 89.8 cm³/mol. The van der Waals surface area contributed by atoms with Gasteiger partial charge in [-0.2, -0.15) is 5.10 Å². The van der Waals surface area contributed by atoms with Crippen LogP contribution >= 0.6 is 0 Å². The van der Waals surface area contributed by atoms with Crippen LogP contribution in [0.3, 0.4) is 0 Å². The van der Waals surface area contributed by atoms with Crippen LogP contribution in [0.4, 0.5) is 4.39 Å². The van der Waals surface area contributed by atoms with Gasteiger partial charge in [0.15, 0.2) is 0 Å². The lowest BCUT2D eigenvalue weighted by Gasteiger charge is -2.16. The molecule has 2 rings (SSSR count). The molecule has 7 heteroatoms. The zero-order valence-electron chi connectivity index (χ0n) is 14.0. The third-order valence-electron chi connectivity index (χ3n) is 3.10. The van der Waals surface area contributed by atoms with Gasteiger partial charge in [0.2, 0.25) is 6.30 Å². The summed E-state index contributed by atoms with van der Waals surface area (Å²) in [4.78, 5) is 8.87. The van der Waals surface area contributed by atoms with E-state index in [4.69, 9.17) is 9.57 Å². The van der Waals surface area contributed by atoms with Gasteiger partial charge < -0.3 is 9.57 Å². The quantitative estimate of drug-likeness (QED) is 0.321. The molecule has 0 spiro atoms. The topological polar surface area (TPSA) is 61.5 Å². The van der Waals surface area contributed by atoms with Crippen molar-refractivity contribution in [3.05, 3.63) is 54.6 Å². The van der Waals surface area contributed by atoms with Crippen LogP contribution in [0.2, 0.25) is 0 Å². The normalized spacial score (nSPS) is 13.0. The number of hydrogen-bond donors (Lipinski definition) is 0. The zero-order chi connectivity index (χ0) is 17.5. The number of hydrogen-bond acceptors (Lipinski definition) is 5. The first-order valence-corrected chi connectivity index (χ1v) is 7.59. The van der Waals surface area contributed by atoms with Gasteiger partial charge in [-0.25, -0.2) is 14.1 Å². The van der Waals surface area contributed by atoms with Crippen LogP contribution in [0.5, 0.6) is 5.75 Å². The van der Waals surface area contributed by atoms with Gasteiger partial charge in [-0.1, -0.05) is 17.8 Å². The van der Waals surface area contributed by atoms with E-state index in [9.17, 15) is 4.39 Å². The Hall–Kier alpha value is -2.70. The standard InChI is InChI=1S/C17H21FN4O2/c1-5-8-23-21-16(17(18)22-11-19-10-20-22)15-7-6-14(9-13(15)4)24-12(2)3/h5-7,9-12,17H,1,8H2,2-4H3. The number of ether oxygens (including phenoxy) is 1. The van der Waals surface area contributed by atoms with Crippen molar-refractivity contribution < 1.29 is 14.0 Å². The van der Waals surface area contributed by atoms with Crippen molar-refractivity contribution in [1.82, 2.24) is 14.8 Å². The van der Waals surface area contributed by atoms with Gasteiger partial charge in [0.25, 0.3) is 0 Å². The first kappa shape index (κ1) is 17.7. The lowest BCUT2D eigenvalue weighted by atomic mass is 10.0. The van der Waals surface area contributed by atoms with Gasteiger partial charge in [-0.05, 0) is 44.5 Å². The highest BCUT2D eigenvalue weighted by Crippen LogP contribution is 2.24. The summed E-state index contributed by atoms with van der Waals surface area (Å²) in [7, 11) is 0. The minimum Gasteiger partial charge on any atom is -0.491 e. The number of alkyl halides is 1. The summed E-state index contributed by atoms with van der Waals surface area (Å²) in [6, 6.07) is 5.37. The summed E-state index contributed by atoms with van der Waals surface area (Å²) in [5.74, 6) is 0.716. The van der Waals surface area contributed by atoms with Crippen LogP contribution in [0.25, 0.3) is 0 Å². The summed E-state index contributed by atoms with van der Waals surface area (Å²) < 4.78 is 21.6. The Kier molecular flexibility index (Phi) is 6.06. The van der Waals surface area contributed by atoms with Gasteiger partial charge in [0, 0.05) is 5.56 Å². The molecule has 0 saturated heterocycles. The van der Waals surface area contributed by atoms with E-state index in [1.807, 2.05) is 26.8 Å². The average Bonchev–Trinajstić information content (AvgIpc) is 3.06. The third-order valence-corrected chi connectivity index (χ3v) is 3.10. The first-order valence-electron chi connectivity index (χ1n) is 7.59. The summed E-state index contributed by atoms with van der Waals surface area (Å²) >= 11 is 0. The van der Waals surface area contributed by atoms with Crippen LogP contribution in [0.15, 0.2) is 48.7 Å². The molecule has 0 bridgehead atoms. The number of aryl methyl sites for hydroxylation is 1. The molecule has 128 valence electrons. The van der Waals surface area contributed by atoms with Crippen molar-refractivity contribution in [2.45, 2.75) is 33.2 Å². The van der Waals surface area contributed by atoms with E-state index in [0.717, 1.165) is 10.2 Å². The number of benzene rings is 1. The van der Waals surface area contributed by atoms with Gasteiger partial charge in [0.1, 0.15) is 30.7 Å². The molecule has 24 heavy (non-hydrogen) atoms. The highest BCUT2D eigenvalue weighted by Gasteiger charge is 2.22. The molecular weight excluding hydrogens is 311 g/mol. The van der Waals surface area contributed by atoms with Crippen LogP contribution in [0.1, 0.15) is 31.3 Å². The second-order valence-electron chi connectivity index (χ2n) is 5.42. The van der Waals surface area contributed by atoms with Crippen molar-refractivity contribution in [2.24, 2.45) is 5.16 Å². The van der Waals surface area contributed by atoms with E-state index in [2.05, 4.69) is 21.8 Å². The molecule has 0 fully saturated rings. The molecular formula is C17H21FN4O2. The Bertz CT molecular complexity index is 699. The molecule has 0 aliphatic carbocycles. The van der Waals surface area contributed by atoms with E-state index < -0.39 is 6.30 Å². The Morgan fingerprint density at radius 1 is 1.46 bits per heavy atom. The molecule has 0 radical (unpaired) electrons. The smallest absolute Gasteiger partial charge is 0.239 e. The van der Waals surface area contributed by atoms with Crippen molar-refractivity contribution in [3.63, 3.8) is 0 Å². The van der Waals surface area contributed by atoms with Gasteiger partial charge >= 0.3 is 0 Å². The van der Waals surface area contributed by atoms with Gasteiger partial charge in [0.05, 0.1) is 6.10 Å². The van der Waals surface area contributed by atoms with Crippen molar-refractivity contribution in [1.29, 1.82) is 0 Å². The molecule has 1 aromatic heterocycles. The Labute approximate surface area is 140 Å². The van der Waals surface area contributed by atoms with Crippen LogP contribution in [0, 0.1) is 6.92 Å². The second-order valence-corrected chi connectivity index (χ2v) is 5.42. The van der Waals surface area contributed by atoms with Gasteiger partial charge in [-0.15, -0.1) is 0 Å². The molecule has 1 heterocycles. The molecule has 1 unspecified atom stereocenters. The summed E-state index contributed by atoms with van der Waals surface area (Å²) in [5, 5.41) is 7.76. The number of halogens is 1. The minimum atomic E-state index is -1.62. The van der Waals surface area contributed by atoms with Gasteiger partial charge in [-0.3, -0.25) is 0 Å². The van der Waals surface area contributed by atoms with Crippen molar-refractivity contribution in [2.75, 3.05) is 6.61 Å². The molecule has 1 aromatic carbocycles. The third kappa shape index (κ3) is 4.41. The molecule has 0 aliphatic heterocycles. The maximum atomic E-state index is 14.8. The van der Waals surface area contributed by atoms with Crippen LogP contribution in [-0.4, -0.2) is 33.2 Å². The highest BCUT2D eigenvalue weighted by molar-refractivity contribution is 6.03. The Morgan fingerprint density at radius 2 is 2.25 bits per heavy atom. The fraction of sp³-hybridized carbons (Fsp3) is 0.353. The van der Waals surface area contributed by atoms with E-state index in [0.29, 0.717) is 11.3 Å². The van der Waals surface area contributed by atoms with Crippen LogP contribution < -0.4 is 4.74 Å². The maximum absolute atomic E-state index is 14.8. The number of rotatable bonds is 8. The zero-order valence-corrected chi connectivity index (χ0v) is 14.0. The predicted octanol–water partition coefficient (Wildman–Crippen LogP) is 3.45. The SMILES string of the molecule is C=CCON=C(c1ccc(OC(C)C)cc1C)C(F)n1cncn1. The summed E-state index contributed by atoms with van der Waals surface area (Å²) in [6.45, 7) is 9.48. The average molecular weight is 332 g/mol. The van der Waals surface area contributed by atoms with E-state index in [1.54, 1.807) is 12.1 Å². The maximum Gasteiger partial charge on any atom is 0.239 e. The highest BCUT2D eigenvalue weighted by atomic mass is 19.1. The number of nitrogens with zero attached hydrogens (tertiary/aromatic N) is 4. The largest absolute Gasteiger partial charge is 0.491 e. The number of oxime groups is 1. The van der Waals surface area contributed by atoms with E-state index >= 15 is 0 Å². The monoisotopic (exact) mass is 332 g/mol. The van der Waals surface area contributed by atoms with E-state index in [1.165, 1.54) is 18.7 Å². The molecule has 6 nitrogen and oxygen atoms in total. The lowest BCUT2D eigenvalue weighted by molar-refractivity contribution is 0.168. The molecule has 0 amide bonds. The molecule has 0 N–H and O–H groups in total. The fourth-order valence-electron chi connectivity index (χ4n) is 2.11. The second kappa shape index (κ2) is 8.24. The van der Waals surface area contributed by atoms with Crippen molar-refractivity contribution in [3.8, 4) is 5.75 Å². The van der Waals surface area contributed by atoms with Crippen molar-refractivity contribution >= 4 is 5.71 Å². The Balaban J connectivity index is 2.36. The number of aromatic nitrogens is 3. The fourth-order valence-corrected chi connectivity index (χ4v) is 2.11. The van der Waals surface area contributed by atoms with Crippen LogP contribution in [-0.2, 0) is 4.84 Å². The summed E-state index contributed by atoms with van der Waals surface area (Å²) in [6.07, 6.45) is 2.53. The summed E-state index contributed by atoms with van der Waals surface area (Å²) in [5.41, 5.74) is 1.53. The molecule has 0 saturated carbocycles. The van der Waals surface area contributed by atoms with E-state index in [-0.39, 0.29) is 18.4 Å².